The van der Waals surface area contributed by atoms with E-state index in [4.69, 9.17) is 5.73 Å². The minimum atomic E-state index is 0. The lowest BCUT2D eigenvalue weighted by Gasteiger charge is -2.33. The first kappa shape index (κ1) is 13.3. The van der Waals surface area contributed by atoms with E-state index in [2.05, 4.69) is 4.90 Å². The zero-order valence-corrected chi connectivity index (χ0v) is 10.5. The molecule has 1 saturated heterocycles. The molecule has 2 nitrogen and oxygen atoms in total. The van der Waals surface area contributed by atoms with Gasteiger partial charge in [0, 0.05) is 12.6 Å². The van der Waals surface area contributed by atoms with Gasteiger partial charge >= 0.3 is 0 Å². The molecule has 1 aliphatic carbocycles. The topological polar surface area (TPSA) is 29.3 Å². The summed E-state index contributed by atoms with van der Waals surface area (Å²) < 4.78 is 0. The van der Waals surface area contributed by atoms with E-state index >= 15 is 0 Å². The van der Waals surface area contributed by atoms with Gasteiger partial charge in [-0.3, -0.25) is 0 Å². The largest absolute Gasteiger partial charge is 0.328 e. The van der Waals surface area contributed by atoms with Gasteiger partial charge in [-0.25, -0.2) is 0 Å². The van der Waals surface area contributed by atoms with Crippen molar-refractivity contribution in [3.63, 3.8) is 0 Å². The van der Waals surface area contributed by atoms with Gasteiger partial charge in [0.1, 0.15) is 0 Å². The van der Waals surface area contributed by atoms with Crippen LogP contribution in [0.3, 0.4) is 0 Å². The molecule has 0 unspecified atom stereocenters. The van der Waals surface area contributed by atoms with E-state index in [0.717, 1.165) is 5.92 Å². The van der Waals surface area contributed by atoms with E-state index in [-0.39, 0.29) is 12.4 Å². The van der Waals surface area contributed by atoms with Crippen LogP contribution in [0.4, 0.5) is 0 Å². The Hall–Kier alpha value is 0.210. The summed E-state index contributed by atoms with van der Waals surface area (Å²) in [6.45, 7) is 4.05. The molecule has 1 heterocycles. The van der Waals surface area contributed by atoms with Crippen LogP contribution in [0.1, 0.15) is 44.9 Å². The van der Waals surface area contributed by atoms with Crippen LogP contribution < -0.4 is 5.73 Å². The van der Waals surface area contributed by atoms with E-state index < -0.39 is 0 Å². The van der Waals surface area contributed by atoms with Crippen molar-refractivity contribution >= 4 is 12.4 Å². The lowest BCUT2D eigenvalue weighted by atomic mass is 9.86. The zero-order valence-electron chi connectivity index (χ0n) is 9.66. The van der Waals surface area contributed by atoms with Gasteiger partial charge in [0.25, 0.3) is 0 Å². The van der Waals surface area contributed by atoms with Crippen molar-refractivity contribution < 1.29 is 0 Å². The second kappa shape index (κ2) is 6.72. The molecule has 0 bridgehead atoms. The van der Waals surface area contributed by atoms with Gasteiger partial charge in [0.15, 0.2) is 0 Å². The number of nitrogens with two attached hydrogens (primary N) is 1. The van der Waals surface area contributed by atoms with Gasteiger partial charge in [-0.15, -0.1) is 12.4 Å². The average Bonchev–Trinajstić information content (AvgIpc) is 2.23. The number of nitrogens with zero attached hydrogens (tertiary/aromatic N) is 1. The van der Waals surface area contributed by atoms with Crippen molar-refractivity contribution in [1.82, 2.24) is 4.90 Å². The summed E-state index contributed by atoms with van der Waals surface area (Å²) in [4.78, 5) is 2.67. The van der Waals surface area contributed by atoms with E-state index in [1.54, 1.807) is 0 Å². The van der Waals surface area contributed by atoms with Crippen LogP contribution in [-0.2, 0) is 0 Å². The minimum absolute atomic E-state index is 0. The first-order valence-corrected chi connectivity index (χ1v) is 6.32. The summed E-state index contributed by atoms with van der Waals surface area (Å²) in [5, 5.41) is 0. The molecule has 0 atom stereocenters. The maximum atomic E-state index is 5.92. The Kier molecular flexibility index (Phi) is 5.95. The minimum Gasteiger partial charge on any atom is -0.328 e. The van der Waals surface area contributed by atoms with Crippen molar-refractivity contribution in [1.29, 1.82) is 0 Å². The average molecular weight is 233 g/mol. The first-order valence-electron chi connectivity index (χ1n) is 6.32. The van der Waals surface area contributed by atoms with Gasteiger partial charge < -0.3 is 10.6 Å². The predicted octanol–water partition coefficient (Wildman–Crippen LogP) is 2.41. The van der Waals surface area contributed by atoms with Gasteiger partial charge in [-0.1, -0.05) is 6.42 Å². The molecule has 0 spiro atoms. The molecule has 0 aromatic heterocycles. The predicted molar refractivity (Wildman–Crippen MR) is 67.5 cm³/mol. The quantitative estimate of drug-likeness (QED) is 0.793. The molecule has 1 saturated carbocycles. The number of hydrogen-bond acceptors (Lipinski definition) is 2. The van der Waals surface area contributed by atoms with Crippen LogP contribution in [0, 0.1) is 5.92 Å². The van der Waals surface area contributed by atoms with E-state index in [1.807, 2.05) is 0 Å². The third kappa shape index (κ3) is 4.29. The second-order valence-electron chi connectivity index (χ2n) is 5.14. The normalized spacial score (nSPS) is 33.4. The van der Waals surface area contributed by atoms with Crippen molar-refractivity contribution in [3.05, 3.63) is 0 Å². The summed E-state index contributed by atoms with van der Waals surface area (Å²) in [5.41, 5.74) is 5.92. The van der Waals surface area contributed by atoms with Crippen molar-refractivity contribution in [2.45, 2.75) is 51.0 Å². The Bertz CT molecular complexity index is 161. The van der Waals surface area contributed by atoms with Crippen LogP contribution in [-0.4, -0.2) is 30.6 Å². The van der Waals surface area contributed by atoms with Gasteiger partial charge in [-0.05, 0) is 57.5 Å². The lowest BCUT2D eigenvalue weighted by molar-refractivity contribution is 0.169. The first-order chi connectivity index (χ1) is 6.84. The molecule has 0 aromatic rings. The highest BCUT2D eigenvalue weighted by atomic mass is 35.5. The molecule has 2 fully saturated rings. The molecular weight excluding hydrogens is 208 g/mol. The molecular formula is C12H25ClN2. The second-order valence-corrected chi connectivity index (χ2v) is 5.14. The molecule has 0 radical (unpaired) electrons. The van der Waals surface area contributed by atoms with E-state index in [9.17, 15) is 0 Å². The Labute approximate surface area is 100.0 Å². The van der Waals surface area contributed by atoms with Gasteiger partial charge in [-0.2, -0.15) is 0 Å². The Morgan fingerprint density at radius 2 is 1.53 bits per heavy atom. The van der Waals surface area contributed by atoms with Crippen LogP contribution in [0.5, 0.6) is 0 Å². The third-order valence-corrected chi connectivity index (χ3v) is 3.86. The van der Waals surface area contributed by atoms with Crippen molar-refractivity contribution in [2.75, 3.05) is 19.6 Å². The van der Waals surface area contributed by atoms with Crippen molar-refractivity contribution in [2.24, 2.45) is 11.7 Å². The fourth-order valence-electron chi connectivity index (χ4n) is 2.88. The Balaban J connectivity index is 0.00000112. The molecule has 0 amide bonds. The molecule has 2 aliphatic rings. The third-order valence-electron chi connectivity index (χ3n) is 3.86. The summed E-state index contributed by atoms with van der Waals surface area (Å²) >= 11 is 0. The highest BCUT2D eigenvalue weighted by Gasteiger charge is 2.21. The molecule has 3 heteroatoms. The molecule has 15 heavy (non-hydrogen) atoms. The van der Waals surface area contributed by atoms with Gasteiger partial charge in [0.05, 0.1) is 0 Å². The van der Waals surface area contributed by atoms with Crippen molar-refractivity contribution in [3.8, 4) is 0 Å². The molecule has 90 valence electrons. The molecule has 2 rings (SSSR count). The summed E-state index contributed by atoms with van der Waals surface area (Å²) in [7, 11) is 0. The van der Waals surface area contributed by atoms with E-state index in [1.165, 1.54) is 64.6 Å². The van der Waals surface area contributed by atoms with Crippen LogP contribution in [0.15, 0.2) is 0 Å². The number of piperidine rings is 1. The zero-order chi connectivity index (χ0) is 9.80. The number of likely N-dealkylation sites (tertiary alicyclic amines) is 1. The SMILES string of the molecule is Cl.NC1CCC(CN2CCCCC2)CC1. The summed E-state index contributed by atoms with van der Waals surface area (Å²) in [6.07, 6.45) is 9.57. The van der Waals surface area contributed by atoms with Crippen LogP contribution >= 0.6 is 12.4 Å². The Morgan fingerprint density at radius 3 is 2.13 bits per heavy atom. The smallest absolute Gasteiger partial charge is 0.00390 e. The maximum absolute atomic E-state index is 5.92. The highest BCUT2D eigenvalue weighted by Crippen LogP contribution is 2.24. The molecule has 1 aliphatic heterocycles. The van der Waals surface area contributed by atoms with Crippen LogP contribution in [0.25, 0.3) is 0 Å². The monoisotopic (exact) mass is 232 g/mol. The van der Waals surface area contributed by atoms with E-state index in [0.29, 0.717) is 6.04 Å². The van der Waals surface area contributed by atoms with Gasteiger partial charge in [0.2, 0.25) is 0 Å². The fourth-order valence-corrected chi connectivity index (χ4v) is 2.88. The fraction of sp³-hybridized carbons (Fsp3) is 1.00. The molecule has 0 aromatic carbocycles. The Morgan fingerprint density at radius 1 is 0.933 bits per heavy atom. The van der Waals surface area contributed by atoms with Crippen LogP contribution in [0.2, 0.25) is 0 Å². The molecule has 2 N–H and O–H groups in total. The highest BCUT2D eigenvalue weighted by molar-refractivity contribution is 5.85. The maximum Gasteiger partial charge on any atom is 0.00390 e. The summed E-state index contributed by atoms with van der Waals surface area (Å²) in [5.74, 6) is 0.952. The number of rotatable bonds is 2. The lowest BCUT2D eigenvalue weighted by Crippen LogP contribution is -2.37. The number of hydrogen-bond donors (Lipinski definition) is 1. The summed E-state index contributed by atoms with van der Waals surface area (Å²) in [6, 6.07) is 0.507. The standard InChI is InChI=1S/C12H24N2.ClH/c13-12-6-4-11(5-7-12)10-14-8-2-1-3-9-14;/h11-12H,1-10,13H2;1H. The number of halogens is 1.